The average Bonchev–Trinajstić information content (AvgIpc) is 2.88. The van der Waals surface area contributed by atoms with Gasteiger partial charge in [-0.05, 0) is 24.3 Å². The summed E-state index contributed by atoms with van der Waals surface area (Å²) in [6.07, 6.45) is 1.78. The third-order valence-electron chi connectivity index (χ3n) is 2.64. The van der Waals surface area contributed by atoms with E-state index in [1.807, 2.05) is 36.4 Å². The normalized spacial score (nSPS) is 10.8. The number of rotatable bonds is 4. The Morgan fingerprint density at radius 1 is 1.26 bits per heavy atom. The lowest BCUT2D eigenvalue weighted by Gasteiger charge is -1.95. The largest absolute Gasteiger partial charge is 0.497 e. The van der Waals surface area contributed by atoms with Gasteiger partial charge in [-0.2, -0.15) is 0 Å². The summed E-state index contributed by atoms with van der Waals surface area (Å²) in [5.41, 5.74) is 2.58. The van der Waals surface area contributed by atoms with Gasteiger partial charge in [0.05, 0.1) is 12.8 Å². The zero-order valence-electron chi connectivity index (χ0n) is 10.4. The number of oxazole rings is 1. The predicted octanol–water partition coefficient (Wildman–Crippen LogP) is 3.52. The highest BCUT2D eigenvalue weighted by molar-refractivity contribution is 7.98. The molecule has 0 saturated heterocycles. The first-order valence-corrected chi connectivity index (χ1v) is 6.81. The Morgan fingerprint density at radius 3 is 3.00 bits per heavy atom. The molecule has 0 saturated carbocycles. The van der Waals surface area contributed by atoms with Crippen LogP contribution in [-0.4, -0.2) is 17.1 Å². The summed E-state index contributed by atoms with van der Waals surface area (Å²) in [7, 11) is 1.64. The molecule has 4 nitrogen and oxygen atoms in total. The van der Waals surface area contributed by atoms with E-state index in [1.165, 1.54) is 11.8 Å². The minimum atomic E-state index is 0.647. The van der Waals surface area contributed by atoms with E-state index >= 15 is 0 Å². The number of pyridine rings is 1. The molecule has 96 valence electrons. The van der Waals surface area contributed by atoms with Crippen molar-refractivity contribution in [1.29, 1.82) is 0 Å². The van der Waals surface area contributed by atoms with Crippen molar-refractivity contribution >= 4 is 22.9 Å². The van der Waals surface area contributed by atoms with E-state index in [-0.39, 0.29) is 0 Å². The molecule has 0 atom stereocenters. The first-order chi connectivity index (χ1) is 9.35. The molecule has 0 aliphatic heterocycles. The predicted molar refractivity (Wildman–Crippen MR) is 74.4 cm³/mol. The fourth-order valence-electron chi connectivity index (χ4n) is 1.69. The second-order valence-corrected chi connectivity index (χ2v) is 4.85. The van der Waals surface area contributed by atoms with Crippen molar-refractivity contribution in [3.63, 3.8) is 0 Å². The van der Waals surface area contributed by atoms with Crippen LogP contribution < -0.4 is 4.74 Å². The standard InChI is InChI=1S/C14H12N2O2S/c1-17-11-5-6-13-12(8-11)16-14(18-13)19-9-10-4-2-3-7-15-10/h2-8H,9H2,1H3. The van der Waals surface area contributed by atoms with Gasteiger partial charge in [0.1, 0.15) is 11.3 Å². The molecule has 5 heteroatoms. The van der Waals surface area contributed by atoms with Crippen LogP contribution in [0.5, 0.6) is 5.75 Å². The van der Waals surface area contributed by atoms with Crippen molar-refractivity contribution in [1.82, 2.24) is 9.97 Å². The van der Waals surface area contributed by atoms with E-state index in [4.69, 9.17) is 9.15 Å². The number of hydrogen-bond acceptors (Lipinski definition) is 5. The van der Waals surface area contributed by atoms with Gasteiger partial charge in [-0.15, -0.1) is 0 Å². The van der Waals surface area contributed by atoms with Crippen molar-refractivity contribution in [2.24, 2.45) is 0 Å². The fourth-order valence-corrected chi connectivity index (χ4v) is 2.45. The lowest BCUT2D eigenvalue weighted by Crippen LogP contribution is -1.84. The number of aromatic nitrogens is 2. The molecule has 3 rings (SSSR count). The Kier molecular flexibility index (Phi) is 3.37. The van der Waals surface area contributed by atoms with Crippen LogP contribution in [0.2, 0.25) is 0 Å². The van der Waals surface area contributed by atoms with Crippen LogP contribution in [0.1, 0.15) is 5.69 Å². The number of hydrogen-bond donors (Lipinski definition) is 0. The van der Waals surface area contributed by atoms with E-state index in [1.54, 1.807) is 13.3 Å². The molecule has 0 fully saturated rings. The quantitative estimate of drug-likeness (QED) is 0.680. The fraction of sp³-hybridized carbons (Fsp3) is 0.143. The summed E-state index contributed by atoms with van der Waals surface area (Å²) in [6.45, 7) is 0. The third kappa shape index (κ3) is 2.71. The van der Waals surface area contributed by atoms with Gasteiger partial charge in [-0.3, -0.25) is 4.98 Å². The van der Waals surface area contributed by atoms with Gasteiger partial charge in [0, 0.05) is 18.0 Å². The summed E-state index contributed by atoms with van der Waals surface area (Å²) in [5.74, 6) is 1.52. The summed E-state index contributed by atoms with van der Waals surface area (Å²) in [6, 6.07) is 11.5. The first kappa shape index (κ1) is 12.0. The van der Waals surface area contributed by atoms with Gasteiger partial charge in [-0.25, -0.2) is 4.98 Å². The molecule has 19 heavy (non-hydrogen) atoms. The van der Waals surface area contributed by atoms with E-state index in [2.05, 4.69) is 9.97 Å². The Labute approximate surface area is 114 Å². The lowest BCUT2D eigenvalue weighted by atomic mass is 10.3. The van der Waals surface area contributed by atoms with E-state index in [9.17, 15) is 0 Å². The molecule has 2 aromatic heterocycles. The van der Waals surface area contributed by atoms with Crippen LogP contribution in [0.4, 0.5) is 0 Å². The van der Waals surface area contributed by atoms with Gasteiger partial charge >= 0.3 is 0 Å². The average molecular weight is 272 g/mol. The number of thioether (sulfide) groups is 1. The molecule has 0 aliphatic rings. The SMILES string of the molecule is COc1ccc2oc(SCc3ccccn3)nc2c1. The molecule has 0 aliphatic carbocycles. The van der Waals surface area contributed by atoms with Crippen molar-refractivity contribution in [3.8, 4) is 5.75 Å². The molecular formula is C14H12N2O2S. The maximum absolute atomic E-state index is 5.66. The zero-order chi connectivity index (χ0) is 13.1. The monoisotopic (exact) mass is 272 g/mol. The van der Waals surface area contributed by atoms with Crippen LogP contribution >= 0.6 is 11.8 Å². The second kappa shape index (κ2) is 5.32. The maximum atomic E-state index is 5.66. The second-order valence-electron chi connectivity index (χ2n) is 3.92. The van der Waals surface area contributed by atoms with Gasteiger partial charge in [-0.1, -0.05) is 17.8 Å². The van der Waals surface area contributed by atoms with Crippen LogP contribution in [0.15, 0.2) is 52.2 Å². The van der Waals surface area contributed by atoms with E-state index in [0.717, 1.165) is 28.3 Å². The van der Waals surface area contributed by atoms with Crippen LogP contribution in [0, 0.1) is 0 Å². The summed E-state index contributed by atoms with van der Waals surface area (Å²) in [4.78, 5) is 8.69. The molecule has 0 spiro atoms. The Balaban J connectivity index is 1.78. The van der Waals surface area contributed by atoms with Crippen LogP contribution in [0.3, 0.4) is 0 Å². The molecule has 0 radical (unpaired) electrons. The molecule has 0 amide bonds. The van der Waals surface area contributed by atoms with Crippen LogP contribution in [-0.2, 0) is 5.75 Å². The van der Waals surface area contributed by atoms with Crippen molar-refractivity contribution in [2.45, 2.75) is 11.0 Å². The minimum absolute atomic E-state index is 0.647. The third-order valence-corrected chi connectivity index (χ3v) is 3.51. The molecule has 3 aromatic rings. The molecule has 0 N–H and O–H groups in total. The number of ether oxygens (including phenoxy) is 1. The van der Waals surface area contributed by atoms with E-state index < -0.39 is 0 Å². The van der Waals surface area contributed by atoms with Crippen LogP contribution in [0.25, 0.3) is 11.1 Å². The van der Waals surface area contributed by atoms with Gasteiger partial charge in [0.25, 0.3) is 5.22 Å². The molecule has 0 bridgehead atoms. The summed E-state index contributed by atoms with van der Waals surface area (Å²) in [5, 5.41) is 0.647. The topological polar surface area (TPSA) is 48.2 Å². The molecule has 0 unspecified atom stereocenters. The van der Waals surface area contributed by atoms with E-state index in [0.29, 0.717) is 5.22 Å². The Bertz CT molecular complexity index is 682. The molecule has 2 heterocycles. The van der Waals surface area contributed by atoms with Crippen molar-refractivity contribution in [2.75, 3.05) is 7.11 Å². The smallest absolute Gasteiger partial charge is 0.257 e. The summed E-state index contributed by atoms with van der Waals surface area (Å²) >= 11 is 1.53. The zero-order valence-corrected chi connectivity index (χ0v) is 11.2. The number of nitrogens with zero attached hydrogens (tertiary/aromatic N) is 2. The van der Waals surface area contributed by atoms with Crippen molar-refractivity contribution < 1.29 is 9.15 Å². The van der Waals surface area contributed by atoms with Gasteiger partial charge < -0.3 is 9.15 Å². The number of benzene rings is 1. The highest BCUT2D eigenvalue weighted by Gasteiger charge is 2.07. The van der Waals surface area contributed by atoms with Gasteiger partial charge in [0.2, 0.25) is 0 Å². The minimum Gasteiger partial charge on any atom is -0.497 e. The highest BCUT2D eigenvalue weighted by Crippen LogP contribution is 2.27. The molecule has 1 aromatic carbocycles. The van der Waals surface area contributed by atoms with Gasteiger partial charge in [0.15, 0.2) is 5.58 Å². The number of fused-ring (bicyclic) bond motifs is 1. The highest BCUT2D eigenvalue weighted by atomic mass is 32.2. The molecular weight excluding hydrogens is 260 g/mol. The maximum Gasteiger partial charge on any atom is 0.257 e. The lowest BCUT2D eigenvalue weighted by molar-refractivity contribution is 0.415. The first-order valence-electron chi connectivity index (χ1n) is 5.82. The Morgan fingerprint density at radius 2 is 2.21 bits per heavy atom. The Hall–Kier alpha value is -2.01. The summed E-state index contributed by atoms with van der Waals surface area (Å²) < 4.78 is 10.8. The number of methoxy groups -OCH3 is 1. The van der Waals surface area contributed by atoms with Crippen molar-refractivity contribution in [3.05, 3.63) is 48.3 Å².